The van der Waals surface area contributed by atoms with Crippen LogP contribution in [0.15, 0.2) is 65.6 Å². The summed E-state index contributed by atoms with van der Waals surface area (Å²) in [6, 6.07) is 20.9. The Morgan fingerprint density at radius 3 is 2.48 bits per heavy atom. The molecule has 0 aliphatic carbocycles. The van der Waals surface area contributed by atoms with Crippen molar-refractivity contribution in [2.75, 3.05) is 6.26 Å². The summed E-state index contributed by atoms with van der Waals surface area (Å²) in [5, 5.41) is 2.34. The molecule has 0 amide bonds. The summed E-state index contributed by atoms with van der Waals surface area (Å²) in [7, 11) is 0. The van der Waals surface area contributed by atoms with Crippen LogP contribution < -0.4 is 4.74 Å². The number of thioether (sulfide) groups is 1. The molecule has 3 aromatic carbocycles. The number of rotatable bonds is 4. The van der Waals surface area contributed by atoms with Gasteiger partial charge in [0.2, 0.25) is 0 Å². The van der Waals surface area contributed by atoms with Gasteiger partial charge in [0, 0.05) is 29.8 Å². The van der Waals surface area contributed by atoms with Crippen molar-refractivity contribution in [1.29, 1.82) is 0 Å². The van der Waals surface area contributed by atoms with E-state index in [1.54, 1.807) is 11.8 Å². The quantitative estimate of drug-likeness (QED) is 0.257. The zero-order valence-electron chi connectivity index (χ0n) is 15.7. The molecule has 27 heavy (non-hydrogen) atoms. The van der Waals surface area contributed by atoms with E-state index in [0.29, 0.717) is 5.75 Å². The van der Waals surface area contributed by atoms with Crippen molar-refractivity contribution in [2.24, 2.45) is 0 Å². The van der Waals surface area contributed by atoms with Gasteiger partial charge in [-0.3, -0.25) is 4.79 Å². The lowest BCUT2D eigenvalue weighted by atomic mass is 10.1. The third-order valence-electron chi connectivity index (χ3n) is 4.78. The molecule has 3 nitrogen and oxygen atoms in total. The van der Waals surface area contributed by atoms with Gasteiger partial charge in [0.15, 0.2) is 0 Å². The van der Waals surface area contributed by atoms with Gasteiger partial charge >= 0.3 is 5.97 Å². The van der Waals surface area contributed by atoms with Crippen LogP contribution in [0.4, 0.5) is 0 Å². The van der Waals surface area contributed by atoms with Crippen molar-refractivity contribution >= 4 is 39.5 Å². The Hall–Kier alpha value is -2.72. The summed E-state index contributed by atoms with van der Waals surface area (Å²) in [6.07, 6.45) is 2.03. The van der Waals surface area contributed by atoms with Gasteiger partial charge in [0.1, 0.15) is 5.75 Å². The third-order valence-corrected chi connectivity index (χ3v) is 5.60. The summed E-state index contributed by atoms with van der Waals surface area (Å²) in [5.41, 5.74) is 4.75. The van der Waals surface area contributed by atoms with Gasteiger partial charge in [-0.2, -0.15) is 0 Å². The average molecular weight is 375 g/mol. The number of aryl methyl sites for hydroxylation is 1. The molecule has 1 heterocycles. The first-order chi connectivity index (χ1) is 13.1. The minimum absolute atomic E-state index is 0.294. The van der Waals surface area contributed by atoms with Crippen LogP contribution in [0.25, 0.3) is 21.8 Å². The van der Waals surface area contributed by atoms with Gasteiger partial charge in [-0.1, -0.05) is 48.5 Å². The first-order valence-electron chi connectivity index (χ1n) is 8.91. The van der Waals surface area contributed by atoms with Crippen molar-refractivity contribution in [3.63, 3.8) is 0 Å². The second kappa shape index (κ2) is 7.12. The number of aromatic nitrogens is 1. The number of esters is 1. The average Bonchev–Trinajstić information content (AvgIpc) is 2.98. The SMILES string of the molecule is CSc1c(OC(C)=O)cc(C)c2c1c1ccccc1n2Cc1ccccc1. The fourth-order valence-corrected chi connectivity index (χ4v) is 4.47. The highest BCUT2D eigenvalue weighted by Gasteiger charge is 2.20. The number of fused-ring (bicyclic) bond motifs is 3. The lowest BCUT2D eigenvalue weighted by Gasteiger charge is -2.13. The van der Waals surface area contributed by atoms with E-state index in [9.17, 15) is 4.79 Å². The monoisotopic (exact) mass is 375 g/mol. The summed E-state index contributed by atoms with van der Waals surface area (Å²) >= 11 is 1.62. The van der Waals surface area contributed by atoms with Gasteiger partial charge in [0.25, 0.3) is 0 Å². The van der Waals surface area contributed by atoms with E-state index in [4.69, 9.17) is 4.74 Å². The highest BCUT2D eigenvalue weighted by molar-refractivity contribution is 7.99. The molecule has 1 aromatic heterocycles. The number of benzene rings is 3. The maximum absolute atomic E-state index is 11.6. The molecule has 4 rings (SSSR count). The van der Waals surface area contributed by atoms with Crippen LogP contribution in [0, 0.1) is 6.92 Å². The summed E-state index contributed by atoms with van der Waals surface area (Å²) < 4.78 is 7.90. The van der Waals surface area contributed by atoms with Crippen molar-refractivity contribution < 1.29 is 9.53 Å². The van der Waals surface area contributed by atoms with Crippen LogP contribution in [0.1, 0.15) is 18.1 Å². The van der Waals surface area contributed by atoms with Crippen LogP contribution in [0.2, 0.25) is 0 Å². The number of hydrogen-bond acceptors (Lipinski definition) is 3. The maximum Gasteiger partial charge on any atom is 0.308 e. The van der Waals surface area contributed by atoms with E-state index in [0.717, 1.165) is 22.4 Å². The van der Waals surface area contributed by atoms with Crippen LogP contribution in [-0.4, -0.2) is 16.8 Å². The molecule has 0 bridgehead atoms. The number of carbonyl (C=O) groups excluding carboxylic acids is 1. The predicted octanol–water partition coefficient (Wildman–Crippen LogP) is 5.80. The Labute approximate surface area is 162 Å². The number of ether oxygens (including phenoxy) is 1. The van der Waals surface area contributed by atoms with Crippen molar-refractivity contribution in [3.05, 3.63) is 71.8 Å². The molecule has 0 saturated heterocycles. The second-order valence-electron chi connectivity index (χ2n) is 6.63. The third kappa shape index (κ3) is 3.10. The first kappa shape index (κ1) is 17.7. The van der Waals surface area contributed by atoms with Crippen LogP contribution >= 0.6 is 11.8 Å². The molecule has 0 saturated carbocycles. The Bertz CT molecular complexity index is 1150. The number of carbonyl (C=O) groups is 1. The normalized spacial score (nSPS) is 11.2. The molecule has 0 N–H and O–H groups in total. The summed E-state index contributed by atoms with van der Waals surface area (Å²) in [4.78, 5) is 12.6. The van der Waals surface area contributed by atoms with E-state index in [2.05, 4.69) is 60.0 Å². The molecular formula is C23H21NO2S. The second-order valence-corrected chi connectivity index (χ2v) is 7.45. The predicted molar refractivity (Wildman–Crippen MR) is 113 cm³/mol. The molecule has 4 heteroatoms. The summed E-state index contributed by atoms with van der Waals surface area (Å²) in [5.74, 6) is 0.347. The van der Waals surface area contributed by atoms with Gasteiger partial charge in [-0.05, 0) is 36.4 Å². The van der Waals surface area contributed by atoms with Crippen LogP contribution in [-0.2, 0) is 11.3 Å². The molecule has 0 spiro atoms. The molecule has 0 atom stereocenters. The molecular weight excluding hydrogens is 354 g/mol. The Kier molecular flexibility index (Phi) is 4.66. The van der Waals surface area contributed by atoms with E-state index in [1.807, 2.05) is 18.4 Å². The number of para-hydroxylation sites is 1. The highest BCUT2D eigenvalue weighted by atomic mass is 32.2. The standard InChI is InChI=1S/C23H21NO2S/c1-15-13-20(26-16(2)25)23(27-3)21-18-11-7-8-12-19(18)24(22(15)21)14-17-9-5-4-6-10-17/h4-13H,14H2,1-3H3. The molecule has 4 aromatic rings. The number of hydrogen-bond donors (Lipinski definition) is 0. The topological polar surface area (TPSA) is 31.2 Å². The first-order valence-corrected chi connectivity index (χ1v) is 10.1. The van der Waals surface area contributed by atoms with E-state index in [-0.39, 0.29) is 5.97 Å². The lowest BCUT2D eigenvalue weighted by molar-refractivity contribution is -0.132. The van der Waals surface area contributed by atoms with Crippen LogP contribution in [0.5, 0.6) is 5.75 Å². The smallest absolute Gasteiger partial charge is 0.308 e. The Morgan fingerprint density at radius 2 is 1.78 bits per heavy atom. The van der Waals surface area contributed by atoms with Crippen LogP contribution in [0.3, 0.4) is 0 Å². The highest BCUT2D eigenvalue weighted by Crippen LogP contribution is 2.43. The van der Waals surface area contributed by atoms with E-state index >= 15 is 0 Å². The zero-order valence-corrected chi connectivity index (χ0v) is 16.5. The maximum atomic E-state index is 11.6. The fraction of sp³-hybridized carbons (Fsp3) is 0.174. The Morgan fingerprint density at radius 1 is 1.07 bits per heavy atom. The summed E-state index contributed by atoms with van der Waals surface area (Å²) in [6.45, 7) is 4.33. The van der Waals surface area contributed by atoms with Gasteiger partial charge in [-0.15, -0.1) is 11.8 Å². The molecule has 0 aliphatic heterocycles. The minimum Gasteiger partial charge on any atom is -0.425 e. The Balaban J connectivity index is 2.07. The van der Waals surface area contributed by atoms with Crippen molar-refractivity contribution in [3.8, 4) is 5.75 Å². The molecule has 0 fully saturated rings. The lowest BCUT2D eigenvalue weighted by Crippen LogP contribution is -2.04. The zero-order chi connectivity index (χ0) is 19.0. The van der Waals surface area contributed by atoms with Gasteiger partial charge < -0.3 is 9.30 Å². The molecule has 136 valence electrons. The van der Waals surface area contributed by atoms with Gasteiger partial charge in [-0.25, -0.2) is 0 Å². The number of nitrogens with zero attached hydrogens (tertiary/aromatic N) is 1. The van der Waals surface area contributed by atoms with E-state index in [1.165, 1.54) is 28.9 Å². The molecule has 0 aliphatic rings. The van der Waals surface area contributed by atoms with Crippen molar-refractivity contribution in [2.45, 2.75) is 25.3 Å². The fourth-order valence-electron chi connectivity index (χ4n) is 3.76. The van der Waals surface area contributed by atoms with Gasteiger partial charge in [0.05, 0.1) is 10.4 Å². The van der Waals surface area contributed by atoms with Crippen molar-refractivity contribution in [1.82, 2.24) is 4.57 Å². The molecule has 0 unspecified atom stereocenters. The largest absolute Gasteiger partial charge is 0.425 e. The minimum atomic E-state index is -0.294. The van der Waals surface area contributed by atoms with E-state index < -0.39 is 0 Å². The molecule has 0 radical (unpaired) electrons.